The van der Waals surface area contributed by atoms with E-state index in [0.29, 0.717) is 12.0 Å². The molecule has 0 aliphatic heterocycles. The number of hydrogen-bond donors (Lipinski definition) is 1. The SMILES string of the molecule is Oc1ccc(F)cc1C(Cc1ccncc1)c1cccs1. The Hall–Kier alpha value is -2.20. The third kappa shape index (κ3) is 3.11. The number of aromatic hydroxyl groups is 1. The first kappa shape index (κ1) is 13.8. The van der Waals surface area contributed by atoms with Crippen molar-refractivity contribution in [2.24, 2.45) is 0 Å². The summed E-state index contributed by atoms with van der Waals surface area (Å²) in [7, 11) is 0. The lowest BCUT2D eigenvalue weighted by atomic mass is 9.90. The molecule has 4 heteroatoms. The number of thiophene rings is 1. The minimum absolute atomic E-state index is 0.0666. The van der Waals surface area contributed by atoms with Crippen LogP contribution in [-0.2, 0) is 6.42 Å². The Kier molecular flexibility index (Phi) is 3.97. The van der Waals surface area contributed by atoms with Crippen molar-refractivity contribution in [2.45, 2.75) is 12.3 Å². The Morgan fingerprint density at radius 3 is 2.67 bits per heavy atom. The van der Waals surface area contributed by atoms with Gasteiger partial charge < -0.3 is 5.11 Å². The van der Waals surface area contributed by atoms with Gasteiger partial charge in [-0.25, -0.2) is 4.39 Å². The van der Waals surface area contributed by atoms with Crippen molar-refractivity contribution < 1.29 is 9.50 Å². The Morgan fingerprint density at radius 2 is 1.95 bits per heavy atom. The van der Waals surface area contributed by atoms with Gasteiger partial charge in [-0.15, -0.1) is 11.3 Å². The zero-order valence-corrected chi connectivity index (χ0v) is 12.1. The first-order chi connectivity index (χ1) is 10.2. The number of nitrogens with zero attached hydrogens (tertiary/aromatic N) is 1. The number of phenolic OH excluding ortho intramolecular Hbond substituents is 1. The predicted octanol–water partition coefficient (Wildman–Crippen LogP) is 4.36. The van der Waals surface area contributed by atoms with E-state index < -0.39 is 0 Å². The molecule has 0 aliphatic carbocycles. The minimum atomic E-state index is -0.334. The van der Waals surface area contributed by atoms with E-state index in [1.54, 1.807) is 23.7 Å². The molecule has 2 heterocycles. The van der Waals surface area contributed by atoms with Gasteiger partial charge in [0.1, 0.15) is 11.6 Å². The molecule has 2 nitrogen and oxygen atoms in total. The summed E-state index contributed by atoms with van der Waals surface area (Å²) in [6.07, 6.45) is 4.18. The lowest BCUT2D eigenvalue weighted by Gasteiger charge is -2.17. The fourth-order valence-corrected chi connectivity index (χ4v) is 3.26. The molecule has 106 valence electrons. The molecule has 0 amide bonds. The van der Waals surface area contributed by atoms with Gasteiger partial charge in [-0.05, 0) is 53.8 Å². The van der Waals surface area contributed by atoms with Crippen LogP contribution < -0.4 is 0 Å². The van der Waals surface area contributed by atoms with Crippen LogP contribution in [0.25, 0.3) is 0 Å². The van der Waals surface area contributed by atoms with E-state index in [-0.39, 0.29) is 17.5 Å². The van der Waals surface area contributed by atoms with Crippen LogP contribution >= 0.6 is 11.3 Å². The molecule has 0 fully saturated rings. The second kappa shape index (κ2) is 6.06. The van der Waals surface area contributed by atoms with E-state index in [1.807, 2.05) is 29.6 Å². The molecular formula is C17H14FNOS. The molecule has 0 radical (unpaired) electrons. The maximum absolute atomic E-state index is 13.6. The Morgan fingerprint density at radius 1 is 1.14 bits per heavy atom. The minimum Gasteiger partial charge on any atom is -0.508 e. The summed E-state index contributed by atoms with van der Waals surface area (Å²) in [4.78, 5) is 5.12. The normalized spacial score (nSPS) is 12.2. The average Bonchev–Trinajstić information content (AvgIpc) is 3.03. The number of phenols is 1. The summed E-state index contributed by atoms with van der Waals surface area (Å²) in [6, 6.07) is 12.0. The number of halogens is 1. The van der Waals surface area contributed by atoms with Crippen LogP contribution in [0.4, 0.5) is 4.39 Å². The van der Waals surface area contributed by atoms with Crippen molar-refractivity contribution >= 4 is 11.3 Å². The summed E-state index contributed by atoms with van der Waals surface area (Å²) in [5, 5.41) is 12.1. The van der Waals surface area contributed by atoms with Crippen LogP contribution in [0.3, 0.4) is 0 Å². The average molecular weight is 299 g/mol. The zero-order chi connectivity index (χ0) is 14.7. The molecule has 1 atom stereocenters. The van der Waals surface area contributed by atoms with Crippen molar-refractivity contribution in [1.82, 2.24) is 4.98 Å². The fourth-order valence-electron chi connectivity index (χ4n) is 2.41. The Balaban J connectivity index is 2.02. The van der Waals surface area contributed by atoms with E-state index in [1.165, 1.54) is 18.2 Å². The lowest BCUT2D eigenvalue weighted by molar-refractivity contribution is 0.462. The topological polar surface area (TPSA) is 33.1 Å². The van der Waals surface area contributed by atoms with Gasteiger partial charge >= 0.3 is 0 Å². The van der Waals surface area contributed by atoms with Crippen molar-refractivity contribution in [3.8, 4) is 5.75 Å². The van der Waals surface area contributed by atoms with Crippen LogP contribution in [0, 0.1) is 5.82 Å². The molecule has 0 saturated heterocycles. The van der Waals surface area contributed by atoms with E-state index in [2.05, 4.69) is 4.98 Å². The second-order valence-corrected chi connectivity index (χ2v) is 5.81. The summed E-state index contributed by atoms with van der Waals surface area (Å²) in [6.45, 7) is 0. The first-order valence-corrected chi connectivity index (χ1v) is 7.53. The molecule has 0 bridgehead atoms. The molecule has 3 aromatic rings. The third-order valence-electron chi connectivity index (χ3n) is 3.44. The summed E-state index contributed by atoms with van der Waals surface area (Å²) < 4.78 is 13.6. The number of pyridine rings is 1. The van der Waals surface area contributed by atoms with Gasteiger partial charge in [-0.2, -0.15) is 0 Å². The van der Waals surface area contributed by atoms with Crippen molar-refractivity contribution in [3.63, 3.8) is 0 Å². The van der Waals surface area contributed by atoms with Crippen LogP contribution in [0.2, 0.25) is 0 Å². The standard InChI is InChI=1S/C17H14FNOS/c18-13-3-4-16(20)14(11-13)15(17-2-1-9-21-17)10-12-5-7-19-8-6-12/h1-9,11,15,20H,10H2. The van der Waals surface area contributed by atoms with Crippen molar-refractivity contribution in [1.29, 1.82) is 0 Å². The molecule has 1 N–H and O–H groups in total. The molecule has 0 aliphatic rings. The molecule has 0 spiro atoms. The van der Waals surface area contributed by atoms with E-state index in [4.69, 9.17) is 0 Å². The van der Waals surface area contributed by atoms with Gasteiger partial charge in [0.15, 0.2) is 0 Å². The maximum Gasteiger partial charge on any atom is 0.123 e. The molecule has 2 aromatic heterocycles. The zero-order valence-electron chi connectivity index (χ0n) is 11.2. The third-order valence-corrected chi connectivity index (χ3v) is 4.43. The summed E-state index contributed by atoms with van der Waals surface area (Å²) in [5.74, 6) is -0.272. The van der Waals surface area contributed by atoms with Gasteiger partial charge in [-0.1, -0.05) is 6.07 Å². The smallest absolute Gasteiger partial charge is 0.123 e. The maximum atomic E-state index is 13.6. The molecular weight excluding hydrogens is 285 g/mol. The molecule has 0 saturated carbocycles. The van der Waals surface area contributed by atoms with Crippen molar-refractivity contribution in [3.05, 3.63) is 82.1 Å². The lowest BCUT2D eigenvalue weighted by Crippen LogP contribution is -2.04. The fraction of sp³-hybridized carbons (Fsp3) is 0.118. The monoisotopic (exact) mass is 299 g/mol. The van der Waals surface area contributed by atoms with Crippen LogP contribution in [0.1, 0.15) is 21.9 Å². The van der Waals surface area contributed by atoms with E-state index >= 15 is 0 Å². The summed E-state index contributed by atoms with van der Waals surface area (Å²) >= 11 is 1.61. The highest BCUT2D eigenvalue weighted by Crippen LogP contribution is 2.36. The van der Waals surface area contributed by atoms with Crippen molar-refractivity contribution in [2.75, 3.05) is 0 Å². The Labute approximate surface area is 126 Å². The van der Waals surface area contributed by atoms with Gasteiger partial charge in [0.05, 0.1) is 0 Å². The summed E-state index contributed by atoms with van der Waals surface area (Å²) in [5.41, 5.74) is 1.72. The number of hydrogen-bond acceptors (Lipinski definition) is 3. The molecule has 1 aromatic carbocycles. The predicted molar refractivity (Wildman–Crippen MR) is 82.2 cm³/mol. The quantitative estimate of drug-likeness (QED) is 0.776. The largest absolute Gasteiger partial charge is 0.508 e. The van der Waals surface area contributed by atoms with E-state index in [0.717, 1.165) is 10.4 Å². The highest BCUT2D eigenvalue weighted by molar-refractivity contribution is 7.10. The number of benzene rings is 1. The molecule has 21 heavy (non-hydrogen) atoms. The van der Waals surface area contributed by atoms with Gasteiger partial charge in [0.25, 0.3) is 0 Å². The van der Waals surface area contributed by atoms with Gasteiger partial charge in [-0.3, -0.25) is 4.98 Å². The van der Waals surface area contributed by atoms with Crippen LogP contribution in [0.15, 0.2) is 60.2 Å². The second-order valence-electron chi connectivity index (χ2n) is 4.83. The number of aromatic nitrogens is 1. The van der Waals surface area contributed by atoms with Gasteiger partial charge in [0.2, 0.25) is 0 Å². The molecule has 3 rings (SSSR count). The highest BCUT2D eigenvalue weighted by Gasteiger charge is 2.20. The van der Waals surface area contributed by atoms with Crippen LogP contribution in [0.5, 0.6) is 5.75 Å². The Bertz CT molecular complexity index is 713. The first-order valence-electron chi connectivity index (χ1n) is 6.65. The molecule has 1 unspecified atom stereocenters. The van der Waals surface area contributed by atoms with Gasteiger partial charge in [0, 0.05) is 28.8 Å². The highest BCUT2D eigenvalue weighted by atomic mass is 32.1. The number of rotatable bonds is 4. The van der Waals surface area contributed by atoms with Crippen LogP contribution in [-0.4, -0.2) is 10.1 Å². The van der Waals surface area contributed by atoms with E-state index in [9.17, 15) is 9.50 Å².